The normalized spacial score (nSPS) is 20.4. The molecule has 2 heterocycles. The quantitative estimate of drug-likeness (QED) is 0.284. The summed E-state index contributed by atoms with van der Waals surface area (Å²) in [6, 6.07) is -1.97. The molecule has 1 amide bonds. The number of methoxy groups -OCH3 is 2. The first-order valence-electron chi connectivity index (χ1n) is 11.1. The first-order chi connectivity index (χ1) is 17.5. The minimum absolute atomic E-state index is 0.137. The monoisotopic (exact) mass is 526 g/mol. The number of ether oxygens (including phenoxy) is 6. The average molecular weight is 526 g/mol. The first-order valence-corrected chi connectivity index (χ1v) is 11.1. The molecule has 0 bridgehead atoms. The van der Waals surface area contributed by atoms with Crippen LogP contribution in [-0.2, 0) is 59.0 Å². The van der Waals surface area contributed by atoms with Gasteiger partial charge in [-0.05, 0) is 6.08 Å². The van der Waals surface area contributed by atoms with Crippen molar-refractivity contribution < 1.29 is 52.4 Å². The lowest BCUT2D eigenvalue weighted by atomic mass is 9.91. The molecule has 1 aromatic heterocycles. The van der Waals surface area contributed by atoms with Crippen molar-refractivity contribution in [3.63, 3.8) is 0 Å². The average Bonchev–Trinajstić information content (AvgIpc) is 3.28. The third-order valence-electron chi connectivity index (χ3n) is 4.98. The Morgan fingerprint density at radius 2 is 1.73 bits per heavy atom. The summed E-state index contributed by atoms with van der Waals surface area (Å²) in [5.74, 6) is -3.94. The first kappa shape index (κ1) is 29.2. The number of hydrogen-bond donors (Lipinski definition) is 1. The van der Waals surface area contributed by atoms with E-state index in [1.54, 1.807) is 0 Å². The van der Waals surface area contributed by atoms with Gasteiger partial charge in [0.1, 0.15) is 12.3 Å². The van der Waals surface area contributed by atoms with E-state index in [0.29, 0.717) is 5.69 Å². The van der Waals surface area contributed by atoms with Crippen LogP contribution in [0, 0.1) is 0 Å². The van der Waals surface area contributed by atoms with Gasteiger partial charge in [0.25, 0.3) is 0 Å². The zero-order valence-electron chi connectivity index (χ0n) is 21.3. The minimum Gasteiger partial charge on any atom is -0.477 e. The van der Waals surface area contributed by atoms with Crippen molar-refractivity contribution in [1.82, 2.24) is 20.3 Å². The van der Waals surface area contributed by atoms with E-state index >= 15 is 0 Å². The zero-order valence-corrected chi connectivity index (χ0v) is 21.3. The van der Waals surface area contributed by atoms with Gasteiger partial charge in [-0.25, -0.2) is 9.48 Å². The molecule has 5 atom stereocenters. The van der Waals surface area contributed by atoms with Crippen LogP contribution in [0.5, 0.6) is 0 Å². The molecule has 15 nitrogen and oxygen atoms in total. The maximum Gasteiger partial charge on any atom is 0.373 e. The molecule has 1 aromatic rings. The van der Waals surface area contributed by atoms with Crippen molar-refractivity contribution in [2.24, 2.45) is 0 Å². The fourth-order valence-corrected chi connectivity index (χ4v) is 3.67. The van der Waals surface area contributed by atoms with Gasteiger partial charge in [0.05, 0.1) is 32.0 Å². The third-order valence-corrected chi connectivity index (χ3v) is 4.98. The molecule has 0 aromatic carbocycles. The van der Waals surface area contributed by atoms with Crippen molar-refractivity contribution >= 4 is 29.8 Å². The fourth-order valence-electron chi connectivity index (χ4n) is 3.67. The second kappa shape index (κ2) is 13.3. The number of nitrogens with one attached hydrogen (secondary N) is 1. The van der Waals surface area contributed by atoms with Crippen LogP contribution in [0.2, 0.25) is 0 Å². The van der Waals surface area contributed by atoms with Gasteiger partial charge in [-0.1, -0.05) is 5.21 Å². The Morgan fingerprint density at radius 3 is 2.27 bits per heavy atom. The number of esters is 4. The van der Waals surface area contributed by atoms with Crippen LogP contribution in [-0.4, -0.2) is 90.0 Å². The lowest BCUT2D eigenvalue weighted by Crippen LogP contribution is -2.60. The number of hydrogen-bond acceptors (Lipinski definition) is 13. The summed E-state index contributed by atoms with van der Waals surface area (Å²) >= 11 is 0. The van der Waals surface area contributed by atoms with Crippen molar-refractivity contribution in [2.45, 2.75) is 64.7 Å². The van der Waals surface area contributed by atoms with Gasteiger partial charge >= 0.3 is 23.9 Å². The Morgan fingerprint density at radius 1 is 1.05 bits per heavy atom. The van der Waals surface area contributed by atoms with Gasteiger partial charge in [0.2, 0.25) is 11.7 Å². The van der Waals surface area contributed by atoms with E-state index in [4.69, 9.17) is 28.4 Å². The highest BCUT2D eigenvalue weighted by atomic mass is 16.6. The van der Waals surface area contributed by atoms with E-state index in [-0.39, 0.29) is 12.4 Å². The zero-order chi connectivity index (χ0) is 27.7. The maximum absolute atomic E-state index is 12.5. The van der Waals surface area contributed by atoms with Crippen molar-refractivity contribution in [3.8, 4) is 0 Å². The molecule has 2 rings (SSSR count). The van der Waals surface area contributed by atoms with E-state index in [0.717, 1.165) is 27.9 Å². The molecule has 15 heteroatoms. The molecule has 0 saturated heterocycles. The number of aromatic nitrogens is 3. The van der Waals surface area contributed by atoms with Gasteiger partial charge < -0.3 is 33.7 Å². The van der Waals surface area contributed by atoms with Gasteiger partial charge in [-0.3, -0.25) is 19.2 Å². The van der Waals surface area contributed by atoms with Crippen molar-refractivity contribution in [1.29, 1.82) is 0 Å². The molecule has 0 radical (unpaired) electrons. The Balaban J connectivity index is 2.66. The largest absolute Gasteiger partial charge is 0.477 e. The van der Waals surface area contributed by atoms with E-state index in [1.165, 1.54) is 31.0 Å². The van der Waals surface area contributed by atoms with Crippen LogP contribution < -0.4 is 5.32 Å². The standard InChI is InChI=1S/C22H30N4O11/c1-11(27)23-19-16(26-8-15(9-32-5)24-25-26)7-17(22(31)33-6)37-21(19)20(36-14(4)30)18(35-13(3)29)10-34-12(2)28/h7-8,16,18-21H,9-10H2,1-6H3,(H,23,27)/t16-,18+,19+,20+,21+/m0/s1. The third kappa shape index (κ3) is 8.27. The van der Waals surface area contributed by atoms with E-state index in [2.05, 4.69) is 15.6 Å². The van der Waals surface area contributed by atoms with Gasteiger partial charge in [0, 0.05) is 34.8 Å². The SMILES string of the molecule is COCc1cn([C@H]2C=C(C(=O)OC)O[C@@H]([C@H](OC(C)=O)[C@@H](COC(C)=O)OC(C)=O)[C@@H]2NC(C)=O)nn1. The fraction of sp³-hybridized carbons (Fsp3) is 0.591. The van der Waals surface area contributed by atoms with E-state index in [9.17, 15) is 24.0 Å². The highest BCUT2D eigenvalue weighted by Gasteiger charge is 2.48. The molecule has 1 aliphatic heterocycles. The number of rotatable bonds is 11. The molecule has 1 aliphatic rings. The molecule has 0 spiro atoms. The van der Waals surface area contributed by atoms with Gasteiger partial charge in [-0.15, -0.1) is 5.10 Å². The predicted octanol–water partition coefficient (Wildman–Crippen LogP) is -0.647. The molecule has 204 valence electrons. The smallest absolute Gasteiger partial charge is 0.373 e. The predicted molar refractivity (Wildman–Crippen MR) is 120 cm³/mol. The second-order valence-electron chi connectivity index (χ2n) is 7.97. The Kier molecular flexibility index (Phi) is 10.5. The highest BCUT2D eigenvalue weighted by molar-refractivity contribution is 5.86. The summed E-state index contributed by atoms with van der Waals surface area (Å²) in [6.07, 6.45) is -1.31. The van der Waals surface area contributed by atoms with Gasteiger partial charge in [0.15, 0.2) is 18.3 Å². The molecule has 0 unspecified atom stereocenters. The van der Waals surface area contributed by atoms with Crippen LogP contribution in [0.1, 0.15) is 39.4 Å². The maximum atomic E-state index is 12.5. The molecule has 0 saturated carbocycles. The number of amides is 1. The highest BCUT2D eigenvalue weighted by Crippen LogP contribution is 2.32. The summed E-state index contributed by atoms with van der Waals surface area (Å²) in [4.78, 5) is 60.2. The lowest BCUT2D eigenvalue weighted by Gasteiger charge is -2.41. The van der Waals surface area contributed by atoms with E-state index < -0.39 is 66.8 Å². The van der Waals surface area contributed by atoms with Crippen LogP contribution in [0.15, 0.2) is 18.0 Å². The van der Waals surface area contributed by atoms with Crippen LogP contribution in [0.25, 0.3) is 0 Å². The number of carbonyl (C=O) groups is 5. The molecular weight excluding hydrogens is 496 g/mol. The molecule has 0 fully saturated rings. The summed E-state index contributed by atoms with van der Waals surface area (Å²) in [5.41, 5.74) is 0.448. The molecular formula is C22H30N4O11. The molecule has 37 heavy (non-hydrogen) atoms. The van der Waals surface area contributed by atoms with Crippen molar-refractivity contribution in [2.75, 3.05) is 20.8 Å². The summed E-state index contributed by atoms with van der Waals surface area (Å²) < 4.78 is 32.9. The topological polar surface area (TPSA) is 183 Å². The van der Waals surface area contributed by atoms with Crippen LogP contribution >= 0.6 is 0 Å². The second-order valence-corrected chi connectivity index (χ2v) is 7.97. The number of nitrogens with zero attached hydrogens (tertiary/aromatic N) is 3. The number of carbonyl (C=O) groups excluding carboxylic acids is 5. The van der Waals surface area contributed by atoms with Crippen molar-refractivity contribution in [3.05, 3.63) is 23.7 Å². The summed E-state index contributed by atoms with van der Waals surface area (Å²) in [5, 5.41) is 10.8. The van der Waals surface area contributed by atoms with Crippen LogP contribution in [0.4, 0.5) is 0 Å². The van der Waals surface area contributed by atoms with Gasteiger partial charge in [-0.2, -0.15) is 0 Å². The van der Waals surface area contributed by atoms with E-state index in [1.807, 2.05) is 0 Å². The Hall–Kier alpha value is -4.01. The minimum atomic E-state index is -1.46. The molecule has 1 N–H and O–H groups in total. The Labute approximate surface area is 212 Å². The summed E-state index contributed by atoms with van der Waals surface area (Å²) in [7, 11) is 2.61. The van der Waals surface area contributed by atoms with Crippen LogP contribution in [0.3, 0.4) is 0 Å². The summed E-state index contributed by atoms with van der Waals surface area (Å²) in [6.45, 7) is 4.21. The Bertz CT molecular complexity index is 1040. The molecule has 0 aliphatic carbocycles. The lowest BCUT2D eigenvalue weighted by molar-refractivity contribution is -0.188.